The van der Waals surface area contributed by atoms with Crippen molar-refractivity contribution in [2.75, 3.05) is 6.61 Å². The molecule has 0 aliphatic carbocycles. The van der Waals surface area contributed by atoms with E-state index in [0.717, 1.165) is 16.8 Å². The van der Waals surface area contributed by atoms with Gasteiger partial charge in [0, 0.05) is 16.7 Å². The number of halogens is 2. The van der Waals surface area contributed by atoms with Crippen LogP contribution in [0.3, 0.4) is 0 Å². The minimum absolute atomic E-state index is 0.213. The Bertz CT molecular complexity index is 1020. The predicted octanol–water partition coefficient (Wildman–Crippen LogP) is 3.86. The number of nitrogens with one attached hydrogen (secondary N) is 1. The lowest BCUT2D eigenvalue weighted by Crippen LogP contribution is -2.37. The van der Waals surface area contributed by atoms with Crippen LogP contribution < -0.4 is 5.32 Å². The van der Waals surface area contributed by atoms with E-state index in [2.05, 4.69) is 5.32 Å². The SMILES string of the molecule is O=C(/C=C/c1ccc(Cl)cc1F)NC(c1ccc2ccccc2c1)C(O)CO. The summed E-state index contributed by atoms with van der Waals surface area (Å²) >= 11 is 5.71. The minimum Gasteiger partial charge on any atom is -0.394 e. The minimum atomic E-state index is -1.19. The van der Waals surface area contributed by atoms with Crippen molar-refractivity contribution in [1.29, 1.82) is 0 Å². The highest BCUT2D eigenvalue weighted by Crippen LogP contribution is 2.23. The largest absolute Gasteiger partial charge is 0.394 e. The van der Waals surface area contributed by atoms with Gasteiger partial charge in [-0.15, -0.1) is 0 Å². The van der Waals surface area contributed by atoms with E-state index in [4.69, 9.17) is 11.6 Å². The van der Waals surface area contributed by atoms with Crippen LogP contribution in [0.1, 0.15) is 17.2 Å². The predicted molar refractivity (Wildman–Crippen MR) is 108 cm³/mol. The lowest BCUT2D eigenvalue weighted by molar-refractivity contribution is -0.118. The zero-order valence-corrected chi connectivity index (χ0v) is 15.6. The number of rotatable bonds is 6. The average molecular weight is 400 g/mol. The molecule has 0 fully saturated rings. The van der Waals surface area contributed by atoms with Gasteiger partial charge in [0.15, 0.2) is 0 Å². The molecule has 3 N–H and O–H groups in total. The average Bonchev–Trinajstić information content (AvgIpc) is 2.70. The zero-order valence-electron chi connectivity index (χ0n) is 14.8. The van der Waals surface area contributed by atoms with Crippen molar-refractivity contribution in [1.82, 2.24) is 5.32 Å². The molecule has 0 aliphatic heterocycles. The van der Waals surface area contributed by atoms with Gasteiger partial charge in [-0.2, -0.15) is 0 Å². The summed E-state index contributed by atoms with van der Waals surface area (Å²) < 4.78 is 13.8. The van der Waals surface area contributed by atoms with Crippen LogP contribution in [0.2, 0.25) is 5.02 Å². The van der Waals surface area contributed by atoms with Crippen molar-refractivity contribution in [3.8, 4) is 0 Å². The van der Waals surface area contributed by atoms with E-state index in [0.29, 0.717) is 5.56 Å². The monoisotopic (exact) mass is 399 g/mol. The fourth-order valence-corrected chi connectivity index (χ4v) is 3.07. The second-order valence-electron chi connectivity index (χ2n) is 6.34. The lowest BCUT2D eigenvalue weighted by atomic mass is 9.98. The number of benzene rings is 3. The third-order valence-electron chi connectivity index (χ3n) is 4.38. The molecule has 1 amide bonds. The van der Waals surface area contributed by atoms with Crippen LogP contribution in [0, 0.1) is 5.82 Å². The van der Waals surface area contributed by atoms with Crippen LogP contribution in [0.15, 0.2) is 66.7 Å². The van der Waals surface area contributed by atoms with Gasteiger partial charge < -0.3 is 15.5 Å². The number of amides is 1. The molecular weight excluding hydrogens is 381 g/mol. The molecule has 0 saturated carbocycles. The summed E-state index contributed by atoms with van der Waals surface area (Å²) in [6.07, 6.45) is 1.31. The Morgan fingerprint density at radius 2 is 1.86 bits per heavy atom. The molecule has 0 saturated heterocycles. The third-order valence-corrected chi connectivity index (χ3v) is 4.61. The van der Waals surface area contributed by atoms with E-state index < -0.39 is 30.5 Å². The summed E-state index contributed by atoms with van der Waals surface area (Å²) in [7, 11) is 0. The van der Waals surface area contributed by atoms with E-state index in [1.807, 2.05) is 36.4 Å². The number of aliphatic hydroxyl groups is 2. The number of carbonyl (C=O) groups excluding carboxylic acids is 1. The quantitative estimate of drug-likeness (QED) is 0.551. The first-order valence-corrected chi connectivity index (χ1v) is 9.07. The van der Waals surface area contributed by atoms with E-state index in [-0.39, 0.29) is 10.6 Å². The molecule has 3 aromatic carbocycles. The lowest BCUT2D eigenvalue weighted by Gasteiger charge is -2.23. The highest BCUT2D eigenvalue weighted by Gasteiger charge is 2.22. The summed E-state index contributed by atoms with van der Waals surface area (Å²) in [5.74, 6) is -1.07. The van der Waals surface area contributed by atoms with Crippen LogP contribution in [0.5, 0.6) is 0 Å². The molecule has 3 aromatic rings. The molecule has 4 nitrogen and oxygen atoms in total. The summed E-state index contributed by atoms with van der Waals surface area (Å²) in [6.45, 7) is -0.521. The maximum atomic E-state index is 13.8. The van der Waals surface area contributed by atoms with E-state index in [9.17, 15) is 19.4 Å². The van der Waals surface area contributed by atoms with Crippen LogP contribution in [0.25, 0.3) is 16.8 Å². The fraction of sp³-hybridized carbons (Fsp3) is 0.136. The molecule has 0 aliphatic rings. The van der Waals surface area contributed by atoms with E-state index in [1.165, 1.54) is 24.3 Å². The topological polar surface area (TPSA) is 69.6 Å². The first-order chi connectivity index (χ1) is 13.5. The fourth-order valence-electron chi connectivity index (χ4n) is 2.91. The number of hydrogen-bond acceptors (Lipinski definition) is 3. The Balaban J connectivity index is 1.81. The Morgan fingerprint density at radius 3 is 2.57 bits per heavy atom. The Kier molecular flexibility index (Phi) is 6.41. The van der Waals surface area contributed by atoms with Crippen molar-refractivity contribution in [3.05, 3.63) is 88.7 Å². The zero-order chi connectivity index (χ0) is 20.1. The Hall–Kier alpha value is -2.73. The molecule has 28 heavy (non-hydrogen) atoms. The standard InChI is InChI=1S/C22H19ClFNO3/c23-18-9-7-15(19(24)12-18)8-10-21(28)25-22(20(27)13-26)17-6-5-14-3-1-2-4-16(14)11-17/h1-12,20,22,26-27H,13H2,(H,25,28)/b10-8+. The van der Waals surface area contributed by atoms with Gasteiger partial charge >= 0.3 is 0 Å². The molecule has 0 heterocycles. The molecule has 0 spiro atoms. The van der Waals surface area contributed by atoms with Gasteiger partial charge in [0.05, 0.1) is 12.6 Å². The van der Waals surface area contributed by atoms with Gasteiger partial charge in [0.1, 0.15) is 11.9 Å². The molecule has 0 radical (unpaired) electrons. The van der Waals surface area contributed by atoms with Crippen molar-refractivity contribution in [3.63, 3.8) is 0 Å². The molecular formula is C22H19ClFNO3. The number of fused-ring (bicyclic) bond motifs is 1. The van der Waals surface area contributed by atoms with Gasteiger partial charge in [-0.3, -0.25) is 4.79 Å². The molecule has 144 valence electrons. The first-order valence-electron chi connectivity index (χ1n) is 8.69. The van der Waals surface area contributed by atoms with Gasteiger partial charge in [0.2, 0.25) is 5.91 Å². The molecule has 6 heteroatoms. The molecule has 0 bridgehead atoms. The van der Waals surface area contributed by atoms with Crippen molar-refractivity contribution in [2.45, 2.75) is 12.1 Å². The molecule has 0 aromatic heterocycles. The summed E-state index contributed by atoms with van der Waals surface area (Å²) in [5, 5.41) is 24.5. The summed E-state index contributed by atoms with van der Waals surface area (Å²) in [5.41, 5.74) is 0.865. The van der Waals surface area contributed by atoms with Crippen LogP contribution >= 0.6 is 11.6 Å². The Morgan fingerprint density at radius 1 is 1.11 bits per heavy atom. The molecule has 3 rings (SSSR count). The molecule has 2 unspecified atom stereocenters. The van der Waals surface area contributed by atoms with Crippen molar-refractivity contribution in [2.24, 2.45) is 0 Å². The van der Waals surface area contributed by atoms with Gasteiger partial charge in [-0.1, -0.05) is 54.1 Å². The number of hydrogen-bond donors (Lipinski definition) is 3. The summed E-state index contributed by atoms with van der Waals surface area (Å²) in [6, 6.07) is 16.5. The second-order valence-corrected chi connectivity index (χ2v) is 6.78. The number of aliphatic hydroxyl groups excluding tert-OH is 2. The van der Waals surface area contributed by atoms with Gasteiger partial charge in [-0.05, 0) is 40.6 Å². The summed E-state index contributed by atoms with van der Waals surface area (Å²) in [4.78, 5) is 12.3. The smallest absolute Gasteiger partial charge is 0.244 e. The highest BCUT2D eigenvalue weighted by atomic mass is 35.5. The van der Waals surface area contributed by atoms with Gasteiger partial charge in [0.25, 0.3) is 0 Å². The van der Waals surface area contributed by atoms with Gasteiger partial charge in [-0.25, -0.2) is 4.39 Å². The van der Waals surface area contributed by atoms with E-state index in [1.54, 1.807) is 6.07 Å². The Labute approximate surface area is 166 Å². The van der Waals surface area contributed by atoms with Crippen LogP contribution in [-0.2, 0) is 4.79 Å². The number of carbonyl (C=O) groups is 1. The second kappa shape index (κ2) is 8.97. The normalized spacial score (nSPS) is 13.6. The van der Waals surface area contributed by atoms with Crippen molar-refractivity contribution < 1.29 is 19.4 Å². The van der Waals surface area contributed by atoms with E-state index >= 15 is 0 Å². The first kappa shape index (κ1) is 20.0. The molecule has 2 atom stereocenters. The van der Waals surface area contributed by atoms with Crippen LogP contribution in [-0.4, -0.2) is 28.8 Å². The van der Waals surface area contributed by atoms with Crippen LogP contribution in [0.4, 0.5) is 4.39 Å². The maximum absolute atomic E-state index is 13.8. The third kappa shape index (κ3) is 4.75. The maximum Gasteiger partial charge on any atom is 0.244 e. The van der Waals surface area contributed by atoms with Crippen molar-refractivity contribution >= 4 is 34.4 Å². The highest BCUT2D eigenvalue weighted by molar-refractivity contribution is 6.30.